The molecule has 0 radical (unpaired) electrons. The molecule has 122 valence electrons. The van der Waals surface area contributed by atoms with Crippen LogP contribution < -0.4 is 14.8 Å². The fourth-order valence-corrected chi connectivity index (χ4v) is 3.68. The number of carbonyl (C=O) groups excluding carboxylic acids is 1. The summed E-state index contributed by atoms with van der Waals surface area (Å²) in [5.74, 6) is 1.48. The van der Waals surface area contributed by atoms with Crippen LogP contribution in [0.2, 0.25) is 0 Å². The summed E-state index contributed by atoms with van der Waals surface area (Å²) in [7, 11) is 0. The molecule has 2 heterocycles. The summed E-state index contributed by atoms with van der Waals surface area (Å²) in [5.41, 5.74) is 2.20. The zero-order chi connectivity index (χ0) is 16.4. The van der Waals surface area contributed by atoms with Gasteiger partial charge in [-0.15, -0.1) is 11.3 Å². The van der Waals surface area contributed by atoms with Crippen molar-refractivity contribution < 1.29 is 14.3 Å². The Balaban J connectivity index is 1.73. The van der Waals surface area contributed by atoms with Gasteiger partial charge in [0.1, 0.15) is 13.2 Å². The van der Waals surface area contributed by atoms with E-state index in [9.17, 15) is 4.79 Å². The molecule has 0 saturated heterocycles. The van der Waals surface area contributed by atoms with Gasteiger partial charge in [0.25, 0.3) is 5.91 Å². The Kier molecular flexibility index (Phi) is 4.57. The third-order valence-corrected chi connectivity index (χ3v) is 5.36. The second-order valence-electron chi connectivity index (χ2n) is 5.67. The Morgan fingerprint density at radius 1 is 1.26 bits per heavy atom. The second kappa shape index (κ2) is 6.62. The molecule has 1 atom stereocenters. The van der Waals surface area contributed by atoms with E-state index in [4.69, 9.17) is 9.47 Å². The van der Waals surface area contributed by atoms with E-state index in [2.05, 4.69) is 19.2 Å². The van der Waals surface area contributed by atoms with Crippen LogP contribution in [0.25, 0.3) is 0 Å². The molecule has 1 amide bonds. The van der Waals surface area contributed by atoms with Crippen LogP contribution in [-0.4, -0.2) is 19.1 Å². The molecule has 1 aromatic carbocycles. The summed E-state index contributed by atoms with van der Waals surface area (Å²) < 4.78 is 11.1. The number of amides is 1. The lowest BCUT2D eigenvalue weighted by molar-refractivity contribution is 0.0943. The first kappa shape index (κ1) is 15.9. The van der Waals surface area contributed by atoms with Crippen molar-refractivity contribution in [3.63, 3.8) is 0 Å². The standard InChI is InChI=1S/C18H21NO3S/c1-4-16-11(2)9-17(23-16)18(20)19-12(3)13-5-6-14-15(10-13)22-8-7-21-14/h5-6,9-10,12H,4,7-8H2,1-3H3,(H,19,20). The molecule has 5 heteroatoms. The van der Waals surface area contributed by atoms with Gasteiger partial charge >= 0.3 is 0 Å². The van der Waals surface area contributed by atoms with Crippen LogP contribution in [0.15, 0.2) is 24.3 Å². The maximum Gasteiger partial charge on any atom is 0.261 e. The number of carbonyl (C=O) groups is 1. The zero-order valence-corrected chi connectivity index (χ0v) is 14.5. The van der Waals surface area contributed by atoms with Crippen LogP contribution in [0.4, 0.5) is 0 Å². The van der Waals surface area contributed by atoms with E-state index in [0.717, 1.165) is 28.4 Å². The average molecular weight is 331 g/mol. The van der Waals surface area contributed by atoms with Crippen molar-refractivity contribution in [3.05, 3.63) is 45.1 Å². The Bertz CT molecular complexity index is 723. The number of aryl methyl sites for hydroxylation is 2. The number of thiophene rings is 1. The Morgan fingerprint density at radius 2 is 2.00 bits per heavy atom. The van der Waals surface area contributed by atoms with E-state index >= 15 is 0 Å². The van der Waals surface area contributed by atoms with Crippen molar-refractivity contribution in [2.24, 2.45) is 0 Å². The molecule has 1 aromatic heterocycles. The minimum Gasteiger partial charge on any atom is -0.486 e. The van der Waals surface area contributed by atoms with Gasteiger partial charge < -0.3 is 14.8 Å². The summed E-state index contributed by atoms with van der Waals surface area (Å²) in [5, 5.41) is 3.06. The molecule has 0 bridgehead atoms. The molecular formula is C18H21NO3S. The van der Waals surface area contributed by atoms with Crippen molar-refractivity contribution in [1.29, 1.82) is 0 Å². The first-order valence-electron chi connectivity index (χ1n) is 7.88. The monoisotopic (exact) mass is 331 g/mol. The summed E-state index contributed by atoms with van der Waals surface area (Å²) in [6.45, 7) is 7.28. The minimum absolute atomic E-state index is 0.0276. The van der Waals surface area contributed by atoms with E-state index in [0.29, 0.717) is 13.2 Å². The molecular weight excluding hydrogens is 310 g/mol. The maximum atomic E-state index is 12.4. The SMILES string of the molecule is CCc1sc(C(=O)NC(C)c2ccc3c(c2)OCCO3)cc1C. The van der Waals surface area contributed by atoms with E-state index in [1.165, 1.54) is 10.4 Å². The number of benzene rings is 1. The molecule has 1 N–H and O–H groups in total. The summed E-state index contributed by atoms with van der Waals surface area (Å²) in [6.07, 6.45) is 0.960. The Morgan fingerprint density at radius 3 is 2.70 bits per heavy atom. The maximum absolute atomic E-state index is 12.4. The van der Waals surface area contributed by atoms with Gasteiger partial charge in [0.15, 0.2) is 11.5 Å². The van der Waals surface area contributed by atoms with Gasteiger partial charge in [0, 0.05) is 4.88 Å². The smallest absolute Gasteiger partial charge is 0.261 e. The third kappa shape index (κ3) is 3.34. The number of hydrogen-bond donors (Lipinski definition) is 1. The number of nitrogens with one attached hydrogen (secondary N) is 1. The zero-order valence-electron chi connectivity index (χ0n) is 13.6. The second-order valence-corrected chi connectivity index (χ2v) is 6.81. The quantitative estimate of drug-likeness (QED) is 0.925. The number of rotatable bonds is 4. The first-order chi connectivity index (χ1) is 11.1. The number of fused-ring (bicyclic) bond motifs is 1. The molecule has 4 nitrogen and oxygen atoms in total. The van der Waals surface area contributed by atoms with Gasteiger partial charge in [0.2, 0.25) is 0 Å². The fourth-order valence-electron chi connectivity index (χ4n) is 2.66. The fraction of sp³-hybridized carbons (Fsp3) is 0.389. The molecule has 23 heavy (non-hydrogen) atoms. The van der Waals surface area contributed by atoms with Crippen LogP contribution in [0, 0.1) is 6.92 Å². The highest BCUT2D eigenvalue weighted by Crippen LogP contribution is 2.32. The van der Waals surface area contributed by atoms with Crippen molar-refractivity contribution >= 4 is 17.2 Å². The topological polar surface area (TPSA) is 47.6 Å². The average Bonchev–Trinajstić information content (AvgIpc) is 2.95. The van der Waals surface area contributed by atoms with E-state index in [1.807, 2.05) is 31.2 Å². The lowest BCUT2D eigenvalue weighted by Gasteiger charge is -2.21. The molecule has 1 aliphatic rings. The predicted octanol–water partition coefficient (Wildman–Crippen LogP) is 3.88. The molecule has 0 spiro atoms. The summed E-state index contributed by atoms with van der Waals surface area (Å²) in [4.78, 5) is 14.5. The summed E-state index contributed by atoms with van der Waals surface area (Å²) >= 11 is 1.57. The van der Waals surface area contributed by atoms with Gasteiger partial charge in [0.05, 0.1) is 10.9 Å². The van der Waals surface area contributed by atoms with Gasteiger partial charge in [-0.05, 0) is 49.6 Å². The van der Waals surface area contributed by atoms with Gasteiger partial charge in [-0.3, -0.25) is 4.79 Å². The van der Waals surface area contributed by atoms with Gasteiger partial charge in [-0.25, -0.2) is 0 Å². The largest absolute Gasteiger partial charge is 0.486 e. The molecule has 0 fully saturated rings. The van der Waals surface area contributed by atoms with Crippen molar-refractivity contribution in [1.82, 2.24) is 5.32 Å². The normalized spacial score (nSPS) is 14.4. The lowest BCUT2D eigenvalue weighted by atomic mass is 10.1. The highest BCUT2D eigenvalue weighted by molar-refractivity contribution is 7.14. The molecule has 1 aliphatic heterocycles. The molecule has 2 aromatic rings. The van der Waals surface area contributed by atoms with E-state index in [1.54, 1.807) is 11.3 Å². The highest BCUT2D eigenvalue weighted by Gasteiger charge is 2.18. The Hall–Kier alpha value is -2.01. The third-order valence-electron chi connectivity index (χ3n) is 3.98. The van der Waals surface area contributed by atoms with Crippen molar-refractivity contribution in [3.8, 4) is 11.5 Å². The van der Waals surface area contributed by atoms with Gasteiger partial charge in [-0.1, -0.05) is 13.0 Å². The number of ether oxygens (including phenoxy) is 2. The number of hydrogen-bond acceptors (Lipinski definition) is 4. The first-order valence-corrected chi connectivity index (χ1v) is 8.70. The predicted molar refractivity (Wildman–Crippen MR) is 91.7 cm³/mol. The molecule has 3 rings (SSSR count). The minimum atomic E-state index is -0.0918. The van der Waals surface area contributed by atoms with E-state index in [-0.39, 0.29) is 11.9 Å². The summed E-state index contributed by atoms with van der Waals surface area (Å²) in [6, 6.07) is 7.68. The molecule has 0 saturated carbocycles. The van der Waals surface area contributed by atoms with Crippen LogP contribution in [-0.2, 0) is 6.42 Å². The molecule has 0 aliphatic carbocycles. The lowest BCUT2D eigenvalue weighted by Crippen LogP contribution is -2.26. The van der Waals surface area contributed by atoms with Gasteiger partial charge in [-0.2, -0.15) is 0 Å². The highest BCUT2D eigenvalue weighted by atomic mass is 32.1. The van der Waals surface area contributed by atoms with Crippen LogP contribution in [0.3, 0.4) is 0 Å². The van der Waals surface area contributed by atoms with Crippen LogP contribution in [0.1, 0.15) is 45.6 Å². The van der Waals surface area contributed by atoms with Crippen molar-refractivity contribution in [2.45, 2.75) is 33.2 Å². The Labute approximate surface area is 140 Å². The van der Waals surface area contributed by atoms with E-state index < -0.39 is 0 Å². The van der Waals surface area contributed by atoms with Crippen LogP contribution >= 0.6 is 11.3 Å². The van der Waals surface area contributed by atoms with Crippen molar-refractivity contribution in [2.75, 3.05) is 13.2 Å². The van der Waals surface area contributed by atoms with Crippen LogP contribution in [0.5, 0.6) is 11.5 Å². The molecule has 1 unspecified atom stereocenters.